The minimum absolute atomic E-state index is 0.0596. The van der Waals surface area contributed by atoms with Crippen LogP contribution in [-0.2, 0) is 19.7 Å². The number of H-pyrrole nitrogens is 1. The maximum absolute atomic E-state index is 14.3. The second kappa shape index (κ2) is 9.57. The fourth-order valence-corrected chi connectivity index (χ4v) is 6.46. The molecule has 3 aliphatic rings. The molecule has 3 aromatic rings. The first kappa shape index (κ1) is 25.7. The van der Waals surface area contributed by atoms with E-state index in [1.54, 1.807) is 24.7 Å². The molecule has 1 saturated carbocycles. The van der Waals surface area contributed by atoms with Crippen LogP contribution in [0.2, 0.25) is 0 Å². The summed E-state index contributed by atoms with van der Waals surface area (Å²) in [6.45, 7) is 9.50. The van der Waals surface area contributed by atoms with Gasteiger partial charge in [-0.25, -0.2) is 4.98 Å². The number of rotatable bonds is 6. The van der Waals surface area contributed by atoms with Gasteiger partial charge in [0.2, 0.25) is 5.91 Å². The lowest BCUT2D eigenvalue weighted by Gasteiger charge is -2.36. The summed E-state index contributed by atoms with van der Waals surface area (Å²) in [5, 5.41) is 3.33. The molecule has 1 aliphatic carbocycles. The standard InChI is InChI=1S/C30H35N5O4/c1-29(2,3)20-7-9-21(10-8-20)35(28(37)24-14-32-17-33-24)26(18-6-5-11-31-13-18)27(36)34-25-19-12-23-22(25)16-39-30(23,4)38-15-19/h5-11,13-14,17,19,22-23,25-26H,12,15-16H2,1-4H3,(H,32,33)(H,34,36)/t19?,22?,23?,25-,26?,30-/m0/s1. The van der Waals surface area contributed by atoms with Gasteiger partial charge in [-0.1, -0.05) is 39.0 Å². The van der Waals surface area contributed by atoms with Gasteiger partial charge in [0.1, 0.15) is 11.7 Å². The van der Waals surface area contributed by atoms with Crippen LogP contribution in [0.4, 0.5) is 5.69 Å². The van der Waals surface area contributed by atoms with Gasteiger partial charge < -0.3 is 19.8 Å². The number of anilines is 1. The number of carbonyl (C=O) groups excluding carboxylic acids is 2. The number of nitrogens with zero attached hydrogens (tertiary/aromatic N) is 3. The number of hydrogen-bond acceptors (Lipinski definition) is 6. The third-order valence-corrected chi connectivity index (χ3v) is 8.63. The van der Waals surface area contributed by atoms with Crippen molar-refractivity contribution in [2.75, 3.05) is 18.1 Å². The molecule has 2 N–H and O–H groups in total. The van der Waals surface area contributed by atoms with Gasteiger partial charge in [0.15, 0.2) is 5.79 Å². The Labute approximate surface area is 228 Å². The molecule has 2 amide bonds. The van der Waals surface area contributed by atoms with Crippen molar-refractivity contribution in [3.05, 3.63) is 78.1 Å². The molecule has 0 spiro atoms. The molecule has 2 aliphatic heterocycles. The van der Waals surface area contributed by atoms with E-state index in [-0.39, 0.29) is 46.7 Å². The number of aromatic amines is 1. The Hall–Kier alpha value is -3.56. The number of ether oxygens (including phenoxy) is 2. The van der Waals surface area contributed by atoms with Gasteiger partial charge in [-0.15, -0.1) is 0 Å². The molecule has 0 radical (unpaired) electrons. The van der Waals surface area contributed by atoms with Gasteiger partial charge in [0.25, 0.3) is 5.91 Å². The number of hydrogen-bond donors (Lipinski definition) is 2. The highest BCUT2D eigenvalue weighted by Crippen LogP contribution is 2.53. The van der Waals surface area contributed by atoms with Gasteiger partial charge in [-0.3, -0.25) is 19.5 Å². The van der Waals surface area contributed by atoms with E-state index < -0.39 is 11.8 Å². The molecule has 2 saturated heterocycles. The second-order valence-electron chi connectivity index (χ2n) is 12.1. The van der Waals surface area contributed by atoms with E-state index in [9.17, 15) is 9.59 Å². The molecule has 6 atom stereocenters. The summed E-state index contributed by atoms with van der Waals surface area (Å²) >= 11 is 0. The molecule has 2 bridgehead atoms. The molecule has 4 unspecified atom stereocenters. The Morgan fingerprint density at radius 3 is 2.59 bits per heavy atom. The number of aromatic nitrogens is 3. The molecule has 204 valence electrons. The van der Waals surface area contributed by atoms with Crippen LogP contribution in [0, 0.1) is 17.8 Å². The smallest absolute Gasteiger partial charge is 0.279 e. The number of carbonyl (C=O) groups is 2. The van der Waals surface area contributed by atoms with Crippen molar-refractivity contribution in [1.29, 1.82) is 0 Å². The van der Waals surface area contributed by atoms with Crippen molar-refractivity contribution in [3.63, 3.8) is 0 Å². The van der Waals surface area contributed by atoms with E-state index in [0.29, 0.717) is 24.5 Å². The van der Waals surface area contributed by atoms with Crippen molar-refractivity contribution in [2.45, 2.75) is 57.4 Å². The topological polar surface area (TPSA) is 109 Å². The normalized spacial score (nSPS) is 28.2. The molecule has 9 heteroatoms. The molecule has 4 heterocycles. The number of pyridine rings is 1. The van der Waals surface area contributed by atoms with E-state index in [1.165, 1.54) is 11.2 Å². The zero-order chi connectivity index (χ0) is 27.4. The fraction of sp³-hybridized carbons (Fsp3) is 0.467. The van der Waals surface area contributed by atoms with Crippen molar-refractivity contribution >= 4 is 17.5 Å². The SMILES string of the molecule is CC(C)(C)c1ccc(N(C(=O)c2c[nH]cn2)C(C(=O)N[C@H]2C3CO[C@@]4(C)OCC2C4C3)c2cccnc2)cc1. The highest BCUT2D eigenvalue weighted by atomic mass is 16.7. The van der Waals surface area contributed by atoms with Crippen molar-refractivity contribution in [3.8, 4) is 0 Å². The fourth-order valence-electron chi connectivity index (χ4n) is 6.46. The lowest BCUT2D eigenvalue weighted by Crippen LogP contribution is -2.50. The molecule has 39 heavy (non-hydrogen) atoms. The average molecular weight is 530 g/mol. The zero-order valence-electron chi connectivity index (χ0n) is 22.8. The Morgan fingerprint density at radius 2 is 1.92 bits per heavy atom. The zero-order valence-corrected chi connectivity index (χ0v) is 22.8. The number of imidazole rings is 1. The van der Waals surface area contributed by atoms with E-state index in [4.69, 9.17) is 9.47 Å². The third kappa shape index (κ3) is 4.53. The lowest BCUT2D eigenvalue weighted by molar-refractivity contribution is -0.243. The largest absolute Gasteiger partial charge is 0.351 e. The van der Waals surface area contributed by atoms with Gasteiger partial charge >= 0.3 is 0 Å². The molecule has 2 aromatic heterocycles. The number of nitrogens with one attached hydrogen (secondary N) is 2. The van der Waals surface area contributed by atoms with Crippen LogP contribution in [0.25, 0.3) is 0 Å². The Morgan fingerprint density at radius 1 is 1.15 bits per heavy atom. The lowest BCUT2D eigenvalue weighted by atomic mass is 9.87. The summed E-state index contributed by atoms with van der Waals surface area (Å²) in [4.78, 5) is 41.2. The molecule has 3 fully saturated rings. The summed E-state index contributed by atoms with van der Waals surface area (Å²) in [6.07, 6.45) is 7.26. The molecular formula is C30H35N5O4. The van der Waals surface area contributed by atoms with Crippen LogP contribution in [-0.4, -0.2) is 51.8 Å². The summed E-state index contributed by atoms with van der Waals surface area (Å²) in [7, 11) is 0. The summed E-state index contributed by atoms with van der Waals surface area (Å²) in [5.74, 6) is -0.614. The van der Waals surface area contributed by atoms with E-state index >= 15 is 0 Å². The maximum atomic E-state index is 14.3. The monoisotopic (exact) mass is 529 g/mol. The summed E-state index contributed by atoms with van der Waals surface area (Å²) in [5.41, 5.74) is 2.51. The first-order chi connectivity index (χ1) is 18.7. The van der Waals surface area contributed by atoms with Gasteiger partial charge in [0.05, 0.1) is 19.5 Å². The van der Waals surface area contributed by atoms with E-state index in [0.717, 1.165) is 12.0 Å². The Kier molecular flexibility index (Phi) is 6.31. The van der Waals surface area contributed by atoms with Crippen LogP contribution >= 0.6 is 0 Å². The van der Waals surface area contributed by atoms with E-state index in [2.05, 4.69) is 41.0 Å². The Balaban J connectivity index is 1.39. The molecular weight excluding hydrogens is 494 g/mol. The van der Waals surface area contributed by atoms with Gasteiger partial charge in [-0.2, -0.15) is 0 Å². The van der Waals surface area contributed by atoms with Crippen molar-refractivity contribution < 1.29 is 19.1 Å². The first-order valence-electron chi connectivity index (χ1n) is 13.6. The second-order valence-corrected chi connectivity index (χ2v) is 12.1. The number of fused-ring (bicyclic) bond motifs is 1. The van der Waals surface area contributed by atoms with Gasteiger partial charge in [0, 0.05) is 53.6 Å². The maximum Gasteiger partial charge on any atom is 0.279 e. The van der Waals surface area contributed by atoms with Crippen molar-refractivity contribution in [2.24, 2.45) is 17.8 Å². The van der Waals surface area contributed by atoms with Crippen LogP contribution in [0.3, 0.4) is 0 Å². The highest BCUT2D eigenvalue weighted by Gasteiger charge is 2.61. The Bertz CT molecular complexity index is 1340. The minimum Gasteiger partial charge on any atom is -0.351 e. The highest BCUT2D eigenvalue weighted by molar-refractivity contribution is 6.09. The molecule has 6 rings (SSSR count). The van der Waals surface area contributed by atoms with Crippen LogP contribution in [0.1, 0.15) is 61.8 Å². The van der Waals surface area contributed by atoms with Crippen LogP contribution in [0.15, 0.2) is 61.3 Å². The molecule has 9 nitrogen and oxygen atoms in total. The average Bonchev–Trinajstić information content (AvgIpc) is 3.64. The quantitative estimate of drug-likeness (QED) is 0.500. The van der Waals surface area contributed by atoms with Crippen LogP contribution in [0.5, 0.6) is 0 Å². The van der Waals surface area contributed by atoms with E-state index in [1.807, 2.05) is 37.3 Å². The van der Waals surface area contributed by atoms with Crippen molar-refractivity contribution in [1.82, 2.24) is 20.3 Å². The summed E-state index contributed by atoms with van der Waals surface area (Å²) in [6, 6.07) is 10.4. The molecule has 1 aromatic carbocycles. The van der Waals surface area contributed by atoms with Gasteiger partial charge in [-0.05, 0) is 42.5 Å². The number of benzene rings is 1. The number of amides is 2. The van der Waals surface area contributed by atoms with Crippen LogP contribution < -0.4 is 10.2 Å². The minimum atomic E-state index is -0.960. The predicted molar refractivity (Wildman–Crippen MR) is 145 cm³/mol. The summed E-state index contributed by atoms with van der Waals surface area (Å²) < 4.78 is 12.1. The first-order valence-corrected chi connectivity index (χ1v) is 13.6. The third-order valence-electron chi connectivity index (χ3n) is 8.63. The predicted octanol–water partition coefficient (Wildman–Crippen LogP) is 4.00.